The SMILES string of the molecule is Cc1ccc2[nH]c(C(=O)NCC3CCCO3)cc2c1. The topological polar surface area (TPSA) is 54.1 Å². The summed E-state index contributed by atoms with van der Waals surface area (Å²) in [6, 6.07) is 8.00. The fraction of sp³-hybridized carbons (Fsp3) is 0.400. The molecule has 19 heavy (non-hydrogen) atoms. The average Bonchev–Trinajstić information content (AvgIpc) is 3.04. The van der Waals surface area contributed by atoms with Gasteiger partial charge in [-0.2, -0.15) is 0 Å². The fourth-order valence-electron chi connectivity index (χ4n) is 2.48. The molecular formula is C15H18N2O2. The number of fused-ring (bicyclic) bond motifs is 1. The van der Waals surface area contributed by atoms with E-state index in [0.717, 1.165) is 30.4 Å². The summed E-state index contributed by atoms with van der Waals surface area (Å²) in [6.45, 7) is 3.45. The molecule has 2 N–H and O–H groups in total. The molecule has 0 radical (unpaired) electrons. The third kappa shape index (κ3) is 2.63. The number of ether oxygens (including phenoxy) is 1. The van der Waals surface area contributed by atoms with Gasteiger partial charge in [0.25, 0.3) is 5.91 Å². The van der Waals surface area contributed by atoms with Gasteiger partial charge in [-0.05, 0) is 38.0 Å². The molecule has 100 valence electrons. The maximum absolute atomic E-state index is 12.1. The number of aryl methyl sites for hydroxylation is 1. The molecule has 1 aromatic heterocycles. The Balaban J connectivity index is 1.70. The number of hydrogen-bond donors (Lipinski definition) is 2. The van der Waals surface area contributed by atoms with Gasteiger partial charge in [0, 0.05) is 24.1 Å². The summed E-state index contributed by atoms with van der Waals surface area (Å²) >= 11 is 0. The van der Waals surface area contributed by atoms with E-state index in [4.69, 9.17) is 4.74 Å². The number of aromatic nitrogens is 1. The third-order valence-electron chi connectivity index (χ3n) is 3.54. The summed E-state index contributed by atoms with van der Waals surface area (Å²) in [5.74, 6) is -0.0654. The van der Waals surface area contributed by atoms with Crippen LogP contribution >= 0.6 is 0 Å². The number of hydrogen-bond acceptors (Lipinski definition) is 2. The maximum Gasteiger partial charge on any atom is 0.267 e. The normalized spacial score (nSPS) is 18.9. The van der Waals surface area contributed by atoms with E-state index in [2.05, 4.69) is 16.4 Å². The molecule has 0 aliphatic carbocycles. The van der Waals surface area contributed by atoms with Crippen molar-refractivity contribution in [3.05, 3.63) is 35.5 Å². The van der Waals surface area contributed by atoms with E-state index in [0.29, 0.717) is 12.2 Å². The third-order valence-corrected chi connectivity index (χ3v) is 3.54. The minimum Gasteiger partial charge on any atom is -0.376 e. The van der Waals surface area contributed by atoms with Gasteiger partial charge < -0.3 is 15.0 Å². The Hall–Kier alpha value is -1.81. The summed E-state index contributed by atoms with van der Waals surface area (Å²) in [6.07, 6.45) is 2.30. The summed E-state index contributed by atoms with van der Waals surface area (Å²) in [5, 5.41) is 3.99. The van der Waals surface area contributed by atoms with Crippen molar-refractivity contribution in [1.29, 1.82) is 0 Å². The van der Waals surface area contributed by atoms with Crippen LogP contribution in [-0.2, 0) is 4.74 Å². The van der Waals surface area contributed by atoms with Gasteiger partial charge in [-0.3, -0.25) is 4.79 Å². The predicted octanol–water partition coefficient (Wildman–Crippen LogP) is 2.39. The number of aromatic amines is 1. The molecule has 1 amide bonds. The van der Waals surface area contributed by atoms with Crippen LogP contribution in [0, 0.1) is 6.92 Å². The highest BCUT2D eigenvalue weighted by molar-refractivity contribution is 5.98. The Morgan fingerprint density at radius 3 is 3.16 bits per heavy atom. The van der Waals surface area contributed by atoms with Crippen LogP contribution in [0.15, 0.2) is 24.3 Å². The molecule has 4 nitrogen and oxygen atoms in total. The molecule has 1 atom stereocenters. The van der Waals surface area contributed by atoms with E-state index in [1.165, 1.54) is 5.56 Å². The minimum absolute atomic E-state index is 0.0654. The van der Waals surface area contributed by atoms with Crippen molar-refractivity contribution in [2.45, 2.75) is 25.9 Å². The maximum atomic E-state index is 12.1. The Bertz CT molecular complexity index is 597. The quantitative estimate of drug-likeness (QED) is 0.888. The van der Waals surface area contributed by atoms with Crippen molar-refractivity contribution in [2.75, 3.05) is 13.2 Å². The monoisotopic (exact) mass is 258 g/mol. The summed E-state index contributed by atoms with van der Waals surface area (Å²) < 4.78 is 5.49. The summed E-state index contributed by atoms with van der Waals surface area (Å²) in [4.78, 5) is 15.2. The predicted molar refractivity (Wildman–Crippen MR) is 74.3 cm³/mol. The molecule has 0 saturated carbocycles. The lowest BCUT2D eigenvalue weighted by atomic mass is 10.2. The lowest BCUT2D eigenvalue weighted by molar-refractivity contribution is 0.0854. The zero-order valence-corrected chi connectivity index (χ0v) is 11.0. The molecule has 4 heteroatoms. The Labute approximate surface area is 112 Å². The van der Waals surface area contributed by atoms with Gasteiger partial charge in [-0.25, -0.2) is 0 Å². The molecule has 1 aliphatic heterocycles. The van der Waals surface area contributed by atoms with Crippen LogP contribution in [0.1, 0.15) is 28.9 Å². The lowest BCUT2D eigenvalue weighted by Gasteiger charge is -2.09. The van der Waals surface area contributed by atoms with E-state index in [1.807, 2.05) is 25.1 Å². The minimum atomic E-state index is -0.0654. The van der Waals surface area contributed by atoms with Crippen LogP contribution in [0.4, 0.5) is 0 Å². The molecule has 0 spiro atoms. The molecule has 1 aromatic carbocycles. The number of H-pyrrole nitrogens is 1. The standard InChI is InChI=1S/C15H18N2O2/c1-10-4-5-13-11(7-10)8-14(17-13)15(18)16-9-12-3-2-6-19-12/h4-5,7-8,12,17H,2-3,6,9H2,1H3,(H,16,18). The average molecular weight is 258 g/mol. The van der Waals surface area contributed by atoms with Crippen molar-refractivity contribution in [3.63, 3.8) is 0 Å². The Morgan fingerprint density at radius 1 is 1.47 bits per heavy atom. The number of benzene rings is 1. The van der Waals surface area contributed by atoms with Crippen molar-refractivity contribution in [1.82, 2.24) is 10.3 Å². The smallest absolute Gasteiger partial charge is 0.267 e. The number of nitrogens with one attached hydrogen (secondary N) is 2. The van der Waals surface area contributed by atoms with E-state index in [-0.39, 0.29) is 12.0 Å². The second-order valence-electron chi connectivity index (χ2n) is 5.12. The van der Waals surface area contributed by atoms with E-state index in [9.17, 15) is 4.79 Å². The molecule has 3 rings (SSSR count). The first-order valence-corrected chi connectivity index (χ1v) is 6.71. The van der Waals surface area contributed by atoms with Gasteiger partial charge in [0.15, 0.2) is 0 Å². The number of rotatable bonds is 3. The molecule has 1 aliphatic rings. The highest BCUT2D eigenvalue weighted by Gasteiger charge is 2.17. The zero-order chi connectivity index (χ0) is 13.2. The lowest BCUT2D eigenvalue weighted by Crippen LogP contribution is -2.31. The largest absolute Gasteiger partial charge is 0.376 e. The first-order valence-electron chi connectivity index (χ1n) is 6.71. The molecule has 1 saturated heterocycles. The number of carbonyl (C=O) groups is 1. The van der Waals surface area contributed by atoms with Crippen LogP contribution in [0.25, 0.3) is 10.9 Å². The van der Waals surface area contributed by atoms with Gasteiger partial charge >= 0.3 is 0 Å². The van der Waals surface area contributed by atoms with Crippen molar-refractivity contribution >= 4 is 16.8 Å². The van der Waals surface area contributed by atoms with Crippen LogP contribution in [0.5, 0.6) is 0 Å². The van der Waals surface area contributed by atoms with Crippen molar-refractivity contribution in [2.24, 2.45) is 0 Å². The second-order valence-corrected chi connectivity index (χ2v) is 5.12. The van der Waals surface area contributed by atoms with Gasteiger partial charge in [-0.15, -0.1) is 0 Å². The molecule has 1 unspecified atom stereocenters. The molecule has 0 bridgehead atoms. The molecular weight excluding hydrogens is 240 g/mol. The van der Waals surface area contributed by atoms with Crippen LogP contribution in [-0.4, -0.2) is 30.1 Å². The number of amides is 1. The summed E-state index contributed by atoms with van der Waals surface area (Å²) in [7, 11) is 0. The van der Waals surface area contributed by atoms with E-state index < -0.39 is 0 Å². The van der Waals surface area contributed by atoms with E-state index in [1.54, 1.807) is 0 Å². The number of carbonyl (C=O) groups excluding carboxylic acids is 1. The Morgan fingerprint density at radius 2 is 2.37 bits per heavy atom. The van der Waals surface area contributed by atoms with Crippen LogP contribution in [0.3, 0.4) is 0 Å². The van der Waals surface area contributed by atoms with Gasteiger partial charge in [0.2, 0.25) is 0 Å². The van der Waals surface area contributed by atoms with Gasteiger partial charge in [0.05, 0.1) is 6.10 Å². The molecule has 1 fully saturated rings. The Kier molecular flexibility index (Phi) is 3.25. The highest BCUT2D eigenvalue weighted by Crippen LogP contribution is 2.17. The zero-order valence-electron chi connectivity index (χ0n) is 11.0. The first kappa shape index (κ1) is 12.2. The van der Waals surface area contributed by atoms with E-state index >= 15 is 0 Å². The second kappa shape index (κ2) is 5.05. The fourth-order valence-corrected chi connectivity index (χ4v) is 2.48. The van der Waals surface area contributed by atoms with Crippen LogP contribution < -0.4 is 5.32 Å². The highest BCUT2D eigenvalue weighted by atomic mass is 16.5. The first-order chi connectivity index (χ1) is 9.22. The van der Waals surface area contributed by atoms with Crippen molar-refractivity contribution < 1.29 is 9.53 Å². The van der Waals surface area contributed by atoms with Gasteiger partial charge in [-0.1, -0.05) is 11.6 Å². The summed E-state index contributed by atoms with van der Waals surface area (Å²) in [5.41, 5.74) is 2.80. The van der Waals surface area contributed by atoms with Crippen LogP contribution in [0.2, 0.25) is 0 Å². The van der Waals surface area contributed by atoms with Crippen molar-refractivity contribution in [3.8, 4) is 0 Å². The van der Waals surface area contributed by atoms with Gasteiger partial charge in [0.1, 0.15) is 5.69 Å². The molecule has 2 aromatic rings. The molecule has 2 heterocycles.